The first-order valence-corrected chi connectivity index (χ1v) is 6.41. The fraction of sp³-hybridized carbons (Fsp3) is 0.615. The smallest absolute Gasteiger partial charge is 0.358 e. The highest BCUT2D eigenvalue weighted by Crippen LogP contribution is 2.36. The number of ether oxygens (including phenoxy) is 1. The van der Waals surface area contributed by atoms with Crippen molar-refractivity contribution in [3.63, 3.8) is 0 Å². The summed E-state index contributed by atoms with van der Waals surface area (Å²) in [6.45, 7) is 0.840. The van der Waals surface area contributed by atoms with Gasteiger partial charge in [-0.1, -0.05) is 0 Å². The van der Waals surface area contributed by atoms with Gasteiger partial charge in [0.15, 0.2) is 5.69 Å². The molecule has 2 rings (SSSR count). The molecule has 0 unspecified atom stereocenters. The van der Waals surface area contributed by atoms with Crippen LogP contribution in [0.5, 0.6) is 0 Å². The second kappa shape index (κ2) is 5.52. The van der Waals surface area contributed by atoms with Gasteiger partial charge in [-0.25, -0.2) is 4.79 Å². The highest BCUT2D eigenvalue weighted by molar-refractivity contribution is 5.86. The van der Waals surface area contributed by atoms with Crippen molar-refractivity contribution in [3.05, 3.63) is 17.8 Å². The number of carbonyl (C=O) groups is 1. The molecule has 0 saturated heterocycles. The molecule has 0 spiro atoms. The summed E-state index contributed by atoms with van der Waals surface area (Å²) in [5.74, 6) is 0.212. The molecule has 0 bridgehead atoms. The van der Waals surface area contributed by atoms with E-state index in [1.165, 1.54) is 26.4 Å². The average molecular weight is 264 g/mol. The van der Waals surface area contributed by atoms with Crippen LogP contribution in [0.15, 0.2) is 12.1 Å². The fourth-order valence-electron chi connectivity index (χ4n) is 2.26. The van der Waals surface area contributed by atoms with Gasteiger partial charge in [0, 0.05) is 12.1 Å². The first-order valence-electron chi connectivity index (χ1n) is 6.41. The maximum absolute atomic E-state index is 11.2. The number of aromatic nitrogens is 2. The van der Waals surface area contributed by atoms with Gasteiger partial charge in [0.2, 0.25) is 0 Å². The van der Waals surface area contributed by atoms with Crippen LogP contribution < -0.4 is 5.32 Å². The lowest BCUT2D eigenvalue weighted by Crippen LogP contribution is -2.54. The van der Waals surface area contributed by atoms with Crippen molar-refractivity contribution in [2.45, 2.75) is 24.8 Å². The molecule has 1 aromatic heterocycles. The van der Waals surface area contributed by atoms with Crippen LogP contribution in [-0.4, -0.2) is 54.4 Å². The Morgan fingerprint density at radius 1 is 1.42 bits per heavy atom. The van der Waals surface area contributed by atoms with Crippen molar-refractivity contribution in [2.75, 3.05) is 33.1 Å². The van der Waals surface area contributed by atoms with E-state index >= 15 is 0 Å². The van der Waals surface area contributed by atoms with Crippen LogP contribution >= 0.6 is 0 Å². The quantitative estimate of drug-likeness (QED) is 0.805. The molecule has 19 heavy (non-hydrogen) atoms. The zero-order valence-corrected chi connectivity index (χ0v) is 11.6. The number of esters is 1. The topological polar surface area (TPSA) is 67.3 Å². The Bertz CT molecular complexity index is 440. The number of nitrogens with one attached hydrogen (secondary N) is 1. The molecular weight excluding hydrogens is 244 g/mol. The zero-order valence-electron chi connectivity index (χ0n) is 11.6. The van der Waals surface area contributed by atoms with Gasteiger partial charge < -0.3 is 15.0 Å². The van der Waals surface area contributed by atoms with E-state index in [-0.39, 0.29) is 11.2 Å². The fourth-order valence-corrected chi connectivity index (χ4v) is 2.26. The van der Waals surface area contributed by atoms with E-state index in [9.17, 15) is 4.79 Å². The number of likely N-dealkylation sites (N-methyl/N-ethyl adjacent to an activating group) is 1. The van der Waals surface area contributed by atoms with Crippen LogP contribution in [0.4, 0.5) is 5.82 Å². The van der Waals surface area contributed by atoms with E-state index in [4.69, 9.17) is 0 Å². The first kappa shape index (κ1) is 13.7. The van der Waals surface area contributed by atoms with Crippen molar-refractivity contribution in [1.82, 2.24) is 15.1 Å². The maximum Gasteiger partial charge on any atom is 0.358 e. The monoisotopic (exact) mass is 264 g/mol. The van der Waals surface area contributed by atoms with E-state index in [1.807, 2.05) is 0 Å². The standard InChI is InChI=1S/C13H20N4O2/c1-17(2)13(7-4-8-13)9-14-11-6-5-10(15-16-11)12(18)19-3/h5-6H,4,7-9H2,1-3H3,(H,14,16). The van der Waals surface area contributed by atoms with Crippen LogP contribution in [0.2, 0.25) is 0 Å². The van der Waals surface area contributed by atoms with Gasteiger partial charge >= 0.3 is 5.97 Å². The predicted octanol–water partition coefficient (Wildman–Crippen LogP) is 1.16. The molecule has 1 N–H and O–H groups in total. The molecule has 1 fully saturated rings. The molecular formula is C13H20N4O2. The van der Waals surface area contributed by atoms with E-state index in [2.05, 4.69) is 39.2 Å². The molecule has 6 nitrogen and oxygen atoms in total. The second-order valence-electron chi connectivity index (χ2n) is 5.12. The minimum atomic E-state index is -0.470. The lowest BCUT2D eigenvalue weighted by molar-refractivity contribution is 0.0592. The largest absolute Gasteiger partial charge is 0.464 e. The summed E-state index contributed by atoms with van der Waals surface area (Å²) < 4.78 is 4.58. The third kappa shape index (κ3) is 2.84. The number of rotatable bonds is 5. The Kier molecular flexibility index (Phi) is 3.99. The molecule has 104 valence electrons. The molecule has 0 radical (unpaired) electrons. The van der Waals surface area contributed by atoms with Gasteiger partial charge in [-0.05, 0) is 45.5 Å². The Morgan fingerprint density at radius 3 is 2.58 bits per heavy atom. The van der Waals surface area contributed by atoms with Crippen molar-refractivity contribution in [2.24, 2.45) is 0 Å². The van der Waals surface area contributed by atoms with Gasteiger partial charge in [0.25, 0.3) is 0 Å². The van der Waals surface area contributed by atoms with Crippen molar-refractivity contribution >= 4 is 11.8 Å². The van der Waals surface area contributed by atoms with Gasteiger partial charge in [-0.2, -0.15) is 0 Å². The molecule has 0 atom stereocenters. The van der Waals surface area contributed by atoms with Crippen molar-refractivity contribution in [1.29, 1.82) is 0 Å². The highest BCUT2D eigenvalue weighted by Gasteiger charge is 2.38. The molecule has 0 aliphatic heterocycles. The lowest BCUT2D eigenvalue weighted by atomic mass is 9.75. The van der Waals surface area contributed by atoms with Crippen LogP contribution in [0, 0.1) is 0 Å². The molecule has 0 aromatic carbocycles. The Labute approximate surface area is 113 Å². The van der Waals surface area contributed by atoms with Gasteiger partial charge in [-0.15, -0.1) is 10.2 Å². The van der Waals surface area contributed by atoms with E-state index in [1.54, 1.807) is 12.1 Å². The van der Waals surface area contributed by atoms with Crippen LogP contribution in [0.1, 0.15) is 29.8 Å². The van der Waals surface area contributed by atoms with Gasteiger partial charge in [-0.3, -0.25) is 0 Å². The third-order valence-electron chi connectivity index (χ3n) is 3.89. The molecule has 1 aliphatic rings. The summed E-state index contributed by atoms with van der Waals surface area (Å²) in [6, 6.07) is 3.37. The minimum Gasteiger partial charge on any atom is -0.464 e. The Hall–Kier alpha value is -1.69. The van der Waals surface area contributed by atoms with Crippen molar-refractivity contribution in [3.8, 4) is 0 Å². The summed E-state index contributed by atoms with van der Waals surface area (Å²) in [7, 11) is 5.54. The molecule has 0 amide bonds. The van der Waals surface area contributed by atoms with E-state index in [0.29, 0.717) is 5.82 Å². The summed E-state index contributed by atoms with van der Waals surface area (Å²) in [5, 5.41) is 11.1. The summed E-state index contributed by atoms with van der Waals surface area (Å²) in [4.78, 5) is 13.5. The van der Waals surface area contributed by atoms with Gasteiger partial charge in [0.05, 0.1) is 7.11 Å². The van der Waals surface area contributed by atoms with E-state index in [0.717, 1.165) is 6.54 Å². The predicted molar refractivity (Wildman–Crippen MR) is 72.1 cm³/mol. The number of carbonyl (C=O) groups excluding carboxylic acids is 1. The SMILES string of the molecule is COC(=O)c1ccc(NCC2(N(C)C)CCC2)nn1. The molecule has 1 aromatic rings. The normalized spacial score (nSPS) is 16.8. The van der Waals surface area contributed by atoms with E-state index < -0.39 is 5.97 Å². The highest BCUT2D eigenvalue weighted by atomic mass is 16.5. The number of nitrogens with zero attached hydrogens (tertiary/aromatic N) is 3. The van der Waals surface area contributed by atoms with Crippen LogP contribution in [-0.2, 0) is 4.74 Å². The molecule has 1 aliphatic carbocycles. The van der Waals surface area contributed by atoms with Crippen molar-refractivity contribution < 1.29 is 9.53 Å². The number of methoxy groups -OCH3 is 1. The number of anilines is 1. The lowest BCUT2D eigenvalue weighted by Gasteiger charge is -2.47. The second-order valence-corrected chi connectivity index (χ2v) is 5.12. The number of hydrogen-bond acceptors (Lipinski definition) is 6. The van der Waals surface area contributed by atoms with Crippen LogP contribution in [0.3, 0.4) is 0 Å². The summed E-state index contributed by atoms with van der Waals surface area (Å²) in [5.41, 5.74) is 0.446. The third-order valence-corrected chi connectivity index (χ3v) is 3.89. The Morgan fingerprint density at radius 2 is 2.16 bits per heavy atom. The number of hydrogen-bond donors (Lipinski definition) is 1. The minimum absolute atomic E-state index is 0.221. The average Bonchev–Trinajstić information content (AvgIpc) is 2.37. The van der Waals surface area contributed by atoms with Crippen LogP contribution in [0.25, 0.3) is 0 Å². The summed E-state index contributed by atoms with van der Waals surface area (Å²) >= 11 is 0. The first-order chi connectivity index (χ1) is 9.07. The van der Waals surface area contributed by atoms with Gasteiger partial charge in [0.1, 0.15) is 5.82 Å². The summed E-state index contributed by atoms with van der Waals surface area (Å²) in [6.07, 6.45) is 3.66. The maximum atomic E-state index is 11.2. The Balaban J connectivity index is 1.95. The molecule has 1 heterocycles. The zero-order chi connectivity index (χ0) is 13.9. The molecule has 1 saturated carbocycles. The molecule has 6 heteroatoms.